The number of nitriles is 1. The molecule has 2 aliphatic heterocycles. The predicted molar refractivity (Wildman–Crippen MR) is 98.4 cm³/mol. The van der Waals surface area contributed by atoms with Crippen LogP contribution in [0.4, 0.5) is 11.6 Å². The number of carboxylic acids is 1. The van der Waals surface area contributed by atoms with Gasteiger partial charge in [-0.3, -0.25) is 4.79 Å². The van der Waals surface area contributed by atoms with Crippen molar-refractivity contribution in [3.8, 4) is 6.07 Å². The van der Waals surface area contributed by atoms with Gasteiger partial charge < -0.3 is 14.9 Å². The van der Waals surface area contributed by atoms with Gasteiger partial charge in [0.15, 0.2) is 11.5 Å². The molecular weight excluding hydrogens is 344 g/mol. The average molecular weight is 364 g/mol. The van der Waals surface area contributed by atoms with E-state index in [1.165, 1.54) is 6.20 Å². The highest BCUT2D eigenvalue weighted by Crippen LogP contribution is 2.54. The van der Waals surface area contributed by atoms with Crippen LogP contribution in [-0.4, -0.2) is 51.7 Å². The Bertz CT molecular complexity index is 974. The first-order valence-electron chi connectivity index (χ1n) is 9.36. The van der Waals surface area contributed by atoms with Crippen LogP contribution in [0.1, 0.15) is 25.5 Å². The van der Waals surface area contributed by atoms with Gasteiger partial charge in [-0.15, -0.1) is 0 Å². The third kappa shape index (κ3) is 2.57. The smallest absolute Gasteiger partial charge is 0.303 e. The van der Waals surface area contributed by atoms with Crippen molar-refractivity contribution < 1.29 is 9.90 Å². The highest BCUT2D eigenvalue weighted by Gasteiger charge is 2.56. The first kappa shape index (κ1) is 16.2. The van der Waals surface area contributed by atoms with E-state index in [9.17, 15) is 4.79 Å². The van der Waals surface area contributed by atoms with Crippen molar-refractivity contribution in [2.75, 3.05) is 29.4 Å². The van der Waals surface area contributed by atoms with Crippen LogP contribution in [0.3, 0.4) is 0 Å². The molecule has 8 nitrogen and oxygen atoms in total. The molecule has 2 aromatic rings. The van der Waals surface area contributed by atoms with E-state index in [0.29, 0.717) is 35.0 Å². The Morgan fingerprint density at radius 2 is 2.15 bits per heavy atom. The molecular formula is C19H20N6O2. The monoisotopic (exact) mass is 364 g/mol. The molecule has 2 aromatic heterocycles. The van der Waals surface area contributed by atoms with Crippen LogP contribution in [-0.2, 0) is 4.79 Å². The minimum Gasteiger partial charge on any atom is -0.481 e. The lowest BCUT2D eigenvalue weighted by Gasteiger charge is -2.40. The fraction of sp³-hybridized carbons (Fsp3) is 0.526. The van der Waals surface area contributed by atoms with Gasteiger partial charge in [0.05, 0.1) is 11.7 Å². The highest BCUT2D eigenvalue weighted by molar-refractivity contribution is 5.89. The van der Waals surface area contributed by atoms with Crippen molar-refractivity contribution in [3.05, 3.63) is 18.0 Å². The summed E-state index contributed by atoms with van der Waals surface area (Å²) in [4.78, 5) is 29.2. The Morgan fingerprint density at radius 3 is 2.74 bits per heavy atom. The molecule has 0 bridgehead atoms. The molecule has 27 heavy (non-hydrogen) atoms. The second kappa shape index (κ2) is 5.78. The predicted octanol–water partition coefficient (Wildman–Crippen LogP) is 1.65. The van der Waals surface area contributed by atoms with E-state index >= 15 is 0 Å². The van der Waals surface area contributed by atoms with E-state index in [1.807, 2.05) is 6.07 Å². The molecule has 3 fully saturated rings. The number of aliphatic carboxylic acids is 1. The number of carboxylic acid groups (broad SMARTS) is 1. The van der Waals surface area contributed by atoms with Crippen molar-refractivity contribution in [1.82, 2.24) is 15.0 Å². The highest BCUT2D eigenvalue weighted by atomic mass is 16.4. The minimum absolute atomic E-state index is 0.266. The third-order valence-electron chi connectivity index (χ3n) is 6.31. The summed E-state index contributed by atoms with van der Waals surface area (Å²) in [5.74, 6) is 2.17. The number of rotatable bonds is 4. The normalized spacial score (nSPS) is 28.6. The molecule has 0 aromatic carbocycles. The van der Waals surface area contributed by atoms with Crippen molar-refractivity contribution >= 4 is 28.6 Å². The number of carbonyl (C=O) groups is 1. The van der Waals surface area contributed by atoms with E-state index in [4.69, 9.17) is 15.4 Å². The van der Waals surface area contributed by atoms with E-state index in [1.54, 1.807) is 0 Å². The van der Waals surface area contributed by atoms with Crippen LogP contribution in [0.2, 0.25) is 0 Å². The molecule has 0 radical (unpaired) electrons. The van der Waals surface area contributed by atoms with Crippen LogP contribution in [0, 0.1) is 29.1 Å². The summed E-state index contributed by atoms with van der Waals surface area (Å²) in [7, 11) is 0. The lowest BCUT2D eigenvalue weighted by molar-refractivity contribution is -0.137. The van der Waals surface area contributed by atoms with Gasteiger partial charge in [-0.1, -0.05) is 0 Å². The van der Waals surface area contributed by atoms with Crippen molar-refractivity contribution in [2.24, 2.45) is 17.8 Å². The zero-order valence-corrected chi connectivity index (χ0v) is 15.0. The maximum atomic E-state index is 11.0. The number of anilines is 2. The lowest BCUT2D eigenvalue weighted by atomic mass is 10.1. The number of piperidine rings is 1. The molecule has 1 aliphatic carbocycles. The largest absolute Gasteiger partial charge is 0.481 e. The molecule has 4 atom stereocenters. The molecule has 2 unspecified atom stereocenters. The number of pyridine rings is 1. The maximum absolute atomic E-state index is 11.0. The minimum atomic E-state index is -0.710. The fourth-order valence-electron chi connectivity index (χ4n) is 4.58. The Hall–Kier alpha value is -2.95. The lowest BCUT2D eigenvalue weighted by Crippen LogP contribution is -2.46. The van der Waals surface area contributed by atoms with E-state index in [-0.39, 0.29) is 6.42 Å². The zero-order chi connectivity index (χ0) is 18.7. The first-order valence-corrected chi connectivity index (χ1v) is 9.36. The standard InChI is InChI=1S/C19H20N6O2/c1-10-2-3-25(10)19-18-15(22-11(6-20)7-21-18)5-16(23-19)24-8-13-12(4-17(26)27)14(13)9-24/h5,7,10,12-14H,2-4,8-9H2,1H3,(H,26,27)/t10?,12?,13-,14+. The van der Waals surface area contributed by atoms with E-state index in [0.717, 1.165) is 43.2 Å². The summed E-state index contributed by atoms with van der Waals surface area (Å²) in [6.45, 7) is 4.78. The fourth-order valence-corrected chi connectivity index (χ4v) is 4.58. The number of hydrogen-bond donors (Lipinski definition) is 1. The van der Waals surface area contributed by atoms with Crippen molar-refractivity contribution in [1.29, 1.82) is 5.26 Å². The molecule has 2 saturated heterocycles. The first-order chi connectivity index (χ1) is 13.0. The Labute approximate surface area is 156 Å². The van der Waals surface area contributed by atoms with Gasteiger partial charge in [0.2, 0.25) is 0 Å². The number of hydrogen-bond acceptors (Lipinski definition) is 7. The molecule has 4 heterocycles. The quantitative estimate of drug-likeness (QED) is 0.873. The Morgan fingerprint density at radius 1 is 1.37 bits per heavy atom. The van der Waals surface area contributed by atoms with Gasteiger partial charge in [0.1, 0.15) is 17.4 Å². The van der Waals surface area contributed by atoms with E-state index in [2.05, 4.69) is 32.8 Å². The number of aromatic nitrogens is 3. The van der Waals surface area contributed by atoms with Gasteiger partial charge in [-0.2, -0.15) is 5.26 Å². The molecule has 0 amide bonds. The summed E-state index contributed by atoms with van der Waals surface area (Å²) in [6.07, 6.45) is 2.89. The third-order valence-corrected chi connectivity index (χ3v) is 6.31. The molecule has 0 spiro atoms. The Balaban J connectivity index is 1.48. The summed E-state index contributed by atoms with van der Waals surface area (Å²) in [5.41, 5.74) is 1.72. The van der Waals surface area contributed by atoms with Crippen LogP contribution in [0.25, 0.3) is 11.0 Å². The van der Waals surface area contributed by atoms with Gasteiger partial charge in [-0.05, 0) is 31.1 Å². The Kier molecular flexibility index (Phi) is 3.47. The second-order valence-electron chi connectivity index (χ2n) is 7.86. The number of fused-ring (bicyclic) bond motifs is 2. The van der Waals surface area contributed by atoms with E-state index < -0.39 is 5.97 Å². The van der Waals surface area contributed by atoms with Gasteiger partial charge in [0, 0.05) is 38.2 Å². The summed E-state index contributed by atoms with van der Waals surface area (Å²) < 4.78 is 0. The topological polar surface area (TPSA) is 106 Å². The van der Waals surface area contributed by atoms with Gasteiger partial charge in [-0.25, -0.2) is 15.0 Å². The molecule has 3 aliphatic rings. The molecule has 1 saturated carbocycles. The second-order valence-corrected chi connectivity index (χ2v) is 7.86. The summed E-state index contributed by atoms with van der Waals surface area (Å²) in [5, 5.41) is 18.2. The van der Waals surface area contributed by atoms with Crippen LogP contribution in [0.5, 0.6) is 0 Å². The van der Waals surface area contributed by atoms with Crippen molar-refractivity contribution in [2.45, 2.75) is 25.8 Å². The molecule has 8 heteroatoms. The molecule has 1 N–H and O–H groups in total. The maximum Gasteiger partial charge on any atom is 0.303 e. The zero-order valence-electron chi connectivity index (χ0n) is 15.0. The van der Waals surface area contributed by atoms with Gasteiger partial charge in [0.25, 0.3) is 0 Å². The van der Waals surface area contributed by atoms with Crippen LogP contribution >= 0.6 is 0 Å². The number of nitrogens with zero attached hydrogens (tertiary/aromatic N) is 6. The van der Waals surface area contributed by atoms with Crippen LogP contribution in [0.15, 0.2) is 12.3 Å². The van der Waals surface area contributed by atoms with Crippen molar-refractivity contribution in [3.63, 3.8) is 0 Å². The SMILES string of the molecule is CC1CCN1c1nc(N2C[C@@H]3C(CC(=O)O)[C@@H]3C2)cc2nc(C#N)cnc12. The van der Waals surface area contributed by atoms with Gasteiger partial charge >= 0.3 is 5.97 Å². The van der Waals surface area contributed by atoms with Crippen LogP contribution < -0.4 is 9.80 Å². The summed E-state index contributed by atoms with van der Waals surface area (Å²) >= 11 is 0. The average Bonchev–Trinajstić information content (AvgIpc) is 3.07. The molecule has 5 rings (SSSR count). The summed E-state index contributed by atoms with van der Waals surface area (Å²) in [6, 6.07) is 4.38. The molecule has 138 valence electrons.